The van der Waals surface area contributed by atoms with Crippen molar-refractivity contribution in [2.45, 2.75) is 114 Å². The number of pyridine rings is 2. The second kappa shape index (κ2) is 30.8. The molecule has 0 radical (unpaired) electrons. The zero-order chi connectivity index (χ0) is 77.1. The molecule has 6 aliphatic heterocycles. The fourth-order valence-corrected chi connectivity index (χ4v) is 18.4. The maximum Gasteiger partial charge on any atom is 0.358 e. The summed E-state index contributed by atoms with van der Waals surface area (Å²) in [5.41, 5.74) is 3.96. The van der Waals surface area contributed by atoms with Crippen LogP contribution < -0.4 is 37.2 Å². The van der Waals surface area contributed by atoms with Gasteiger partial charge in [-0.05, 0) is 64.6 Å². The van der Waals surface area contributed by atoms with Crippen molar-refractivity contribution in [3.05, 3.63) is 136 Å². The van der Waals surface area contributed by atoms with Crippen molar-refractivity contribution in [1.29, 1.82) is 0 Å². The molecule has 11 unspecified atom stereocenters. The van der Waals surface area contributed by atoms with E-state index in [4.69, 9.17) is 53.8 Å². The molecule has 6 aliphatic rings. The predicted octanol–water partition coefficient (Wildman–Crippen LogP) is 4.33. The van der Waals surface area contributed by atoms with Crippen molar-refractivity contribution in [2.75, 3.05) is 65.1 Å². The molecule has 0 aliphatic carbocycles. The van der Waals surface area contributed by atoms with Gasteiger partial charge in [0, 0.05) is 88.8 Å². The van der Waals surface area contributed by atoms with E-state index in [1.54, 1.807) is 23.7 Å². The Morgan fingerprint density at radius 3 is 2.28 bits per heavy atom. The van der Waals surface area contributed by atoms with E-state index >= 15 is 19.2 Å². The van der Waals surface area contributed by atoms with E-state index in [2.05, 4.69) is 51.4 Å². The van der Waals surface area contributed by atoms with Gasteiger partial charge >= 0.3 is 11.9 Å². The molecule has 3 saturated heterocycles. The first-order valence-electron chi connectivity index (χ1n) is 34.5. The van der Waals surface area contributed by atoms with Gasteiger partial charge in [0.2, 0.25) is 11.8 Å². The topological polar surface area (TPSA) is 453 Å². The number of allylic oxidation sites excluding steroid dienone is 1. The number of thiazole rings is 5. The Morgan fingerprint density at radius 1 is 0.818 bits per heavy atom. The number of aromatic nitrogens is 8. The second-order valence-corrected chi connectivity index (χ2v) is 31.3. The van der Waals surface area contributed by atoms with Crippen LogP contribution >= 0.6 is 56.7 Å². The average molecular weight is 1600 g/mol. The molecule has 0 spiro atoms. The lowest BCUT2D eigenvalue weighted by Gasteiger charge is -2.45. The first-order chi connectivity index (χ1) is 52.9. The van der Waals surface area contributed by atoms with E-state index in [1.807, 2.05) is 48.9 Å². The van der Waals surface area contributed by atoms with E-state index in [0.29, 0.717) is 36.5 Å². The molecule has 11 atom stereocenters. The third-order valence-electron chi connectivity index (χ3n) is 19.7. The number of hydrogen-bond donors (Lipinski definition) is 9. The summed E-state index contributed by atoms with van der Waals surface area (Å²) in [6.45, 7) is 7.45. The number of benzene rings is 1. The molecule has 8 aromatic heterocycles. The van der Waals surface area contributed by atoms with Crippen LogP contribution in [0.1, 0.15) is 125 Å². The van der Waals surface area contributed by atoms with Gasteiger partial charge in [-0.15, -0.1) is 56.7 Å². The highest BCUT2D eigenvalue weighted by Gasteiger charge is 2.54. The van der Waals surface area contributed by atoms with Crippen LogP contribution in [0.15, 0.2) is 81.3 Å². The minimum atomic E-state index is -1.85. The van der Waals surface area contributed by atoms with E-state index < -0.39 is 139 Å². The standard InChI is InChI=1S/C70H71N17O18S5/c1-30(88)48-62(95)82-49(31(2)99-6)65-77-42(28-108-65)61(94)83-52-54-55(105-46-19-70(4)56(32(3)104-46)84(5)29-103-70)69(97)101-21-33-10-9-11-43-47(33)35(22-100-54)53(87(43)98)68(96)102-23-37(74-59(92)40-27-110-67(52)79-40)64-75-38(24-107-64)50-34(63-76-41(25-106-63)60(93)81-48)18-44(89)51(80-50)66-78-39(26-109-66)58(91)73-36(57(71)90)20-85-14-16-86(17-15-85)45-12-7-8-13-72-45/h7-13,18,24-28,30,32,36-37,46,48,52,54-56,88-89,98H,14-17,19-23,29H2,1-6H3,(H2,71,90)(H,73,91)(H,74,92)(H,81,93)(H,82,95)(H,83,94)/b49-31+. The average Bonchev–Trinajstić information content (AvgIpc) is 1.59. The summed E-state index contributed by atoms with van der Waals surface area (Å²) in [5.74, 6) is -6.95. The molecule has 15 rings (SSSR count). The molecule has 110 heavy (non-hydrogen) atoms. The number of rotatable bonds is 11. The number of aliphatic hydroxyl groups is 1. The number of anilines is 1. The Labute approximate surface area is 644 Å². The smallest absolute Gasteiger partial charge is 0.358 e. The molecule has 14 heterocycles. The van der Waals surface area contributed by atoms with Crippen LogP contribution in [-0.4, -0.2) is 227 Å². The van der Waals surface area contributed by atoms with Gasteiger partial charge in [-0.1, -0.05) is 18.2 Å². The Morgan fingerprint density at radius 2 is 1.53 bits per heavy atom. The molecule has 35 nitrogen and oxygen atoms in total. The number of ether oxygens (including phenoxy) is 7. The van der Waals surface area contributed by atoms with Gasteiger partial charge in [0.1, 0.15) is 131 Å². The van der Waals surface area contributed by atoms with Gasteiger partial charge in [-0.25, -0.2) is 44.5 Å². The molecule has 0 saturated carbocycles. The third kappa shape index (κ3) is 14.7. The highest BCUT2D eigenvalue weighted by Crippen LogP contribution is 2.44. The number of likely N-dealkylation sites (N-methyl/N-ethyl adjacent to an activating group) is 1. The summed E-state index contributed by atoms with van der Waals surface area (Å²) >= 11 is 4.60. The molecule has 12 bridgehead atoms. The molecular weight excluding hydrogens is 1530 g/mol. The molecule has 6 amide bonds. The number of amides is 6. The number of piperazine rings is 1. The summed E-state index contributed by atoms with van der Waals surface area (Å²) in [4.78, 5) is 156. The third-order valence-corrected chi connectivity index (χ3v) is 24.2. The number of nitrogens with one attached hydrogen (secondary N) is 5. The second-order valence-electron chi connectivity index (χ2n) is 27.0. The minimum absolute atomic E-state index is 0.00187. The lowest BCUT2D eigenvalue weighted by Crippen LogP contribution is -2.58. The van der Waals surface area contributed by atoms with Gasteiger partial charge in [-0.2, -0.15) is 4.73 Å². The number of methoxy groups -OCH3 is 1. The molecule has 9 aromatic rings. The van der Waals surface area contributed by atoms with Crippen LogP contribution in [0.25, 0.3) is 49.3 Å². The highest BCUT2D eigenvalue weighted by molar-refractivity contribution is 7.14. The van der Waals surface area contributed by atoms with Crippen LogP contribution in [0.4, 0.5) is 5.82 Å². The van der Waals surface area contributed by atoms with Crippen LogP contribution in [0.5, 0.6) is 5.75 Å². The number of carbonyl (C=O) groups is 8. The van der Waals surface area contributed by atoms with Gasteiger partial charge in [0.25, 0.3) is 23.6 Å². The number of cyclic esters (lactones) is 2. The Bertz CT molecular complexity index is 5150. The summed E-state index contributed by atoms with van der Waals surface area (Å²) in [5, 5.41) is 56.8. The normalized spacial score (nSPS) is 24.7. The monoisotopic (exact) mass is 1600 g/mol. The van der Waals surface area contributed by atoms with E-state index in [1.165, 1.54) is 54.6 Å². The number of nitrogens with two attached hydrogens (primary N) is 1. The Balaban J connectivity index is 0.838. The van der Waals surface area contributed by atoms with Crippen molar-refractivity contribution in [3.8, 4) is 38.4 Å². The van der Waals surface area contributed by atoms with E-state index in [0.717, 1.165) is 62.5 Å². The van der Waals surface area contributed by atoms with Crippen LogP contribution in [0, 0.1) is 0 Å². The van der Waals surface area contributed by atoms with Crippen molar-refractivity contribution in [1.82, 2.24) is 76.0 Å². The number of fused-ring (bicyclic) bond motifs is 16. The maximum atomic E-state index is 15.3. The largest absolute Gasteiger partial charge is 0.506 e. The van der Waals surface area contributed by atoms with Crippen molar-refractivity contribution < 1.29 is 86.9 Å². The Kier molecular flexibility index (Phi) is 21.0. The minimum Gasteiger partial charge on any atom is -0.506 e. The first-order valence-corrected chi connectivity index (χ1v) is 38.9. The van der Waals surface area contributed by atoms with Crippen LogP contribution in [0.3, 0.4) is 0 Å². The summed E-state index contributed by atoms with van der Waals surface area (Å²) < 4.78 is 45.1. The molecule has 1 aromatic carbocycles. The molecule has 40 heteroatoms. The zero-order valence-electron chi connectivity index (χ0n) is 59.4. The van der Waals surface area contributed by atoms with Crippen molar-refractivity contribution >= 4 is 126 Å². The number of hydrogen-bond acceptors (Lipinski definition) is 33. The molecule has 574 valence electrons. The predicted molar refractivity (Wildman–Crippen MR) is 395 cm³/mol. The van der Waals surface area contributed by atoms with Crippen LogP contribution in [-0.2, 0) is 60.8 Å². The van der Waals surface area contributed by atoms with E-state index in [9.17, 15) is 34.6 Å². The number of nitrogens with zero attached hydrogens (tertiary/aromatic N) is 11. The number of carbonyl (C=O) groups excluding carboxylic acids is 8. The molecule has 3 fully saturated rings. The number of primary amides is 1. The summed E-state index contributed by atoms with van der Waals surface area (Å²) in [6, 6.07) is 5.63. The fourth-order valence-electron chi connectivity index (χ4n) is 14.2. The van der Waals surface area contributed by atoms with Crippen LogP contribution in [0.2, 0.25) is 0 Å². The fraction of sp³-hybridized carbons (Fsp3) is 0.386. The number of aliphatic hydroxyl groups excluding tert-OH is 1. The van der Waals surface area contributed by atoms with Crippen molar-refractivity contribution in [3.63, 3.8) is 0 Å². The number of esters is 2. The maximum absolute atomic E-state index is 15.3. The Hall–Kier alpha value is -10.4. The van der Waals surface area contributed by atoms with Crippen molar-refractivity contribution in [2.24, 2.45) is 5.73 Å². The highest BCUT2D eigenvalue weighted by atomic mass is 32.1. The van der Waals surface area contributed by atoms with Gasteiger partial charge in [0.15, 0.2) is 18.1 Å². The van der Waals surface area contributed by atoms with E-state index in [-0.39, 0.29) is 124 Å². The molecule has 10 N–H and O–H groups in total. The molecular formula is C70H71N17O18S5. The quantitative estimate of drug-likeness (QED) is 0.0494. The lowest BCUT2D eigenvalue weighted by molar-refractivity contribution is -0.268. The SMILES string of the molecule is CO/C(C)=C1/NC(=O)C(C(C)O)NC(=O)c2csc(n2)-c2cc(O)c(-c3nc(C(=O)NC(CN4CCN(c5ccccn5)CC4)C(N)=O)cs3)nc2-c2csc(n2)C2COC(=O)c3c4c5c(cccc5n3O)COC(=O)C(OC3CC5(C)OCN(C)C5C(C)O3)C(OC4)C(NC(=O)c3csc1n3)c1nc(cs1)C(=O)N2. The van der Waals surface area contributed by atoms with Gasteiger partial charge in [-0.3, -0.25) is 38.6 Å². The lowest BCUT2D eigenvalue weighted by atomic mass is 9.86. The first kappa shape index (κ1) is 75.1. The van der Waals surface area contributed by atoms with Gasteiger partial charge < -0.3 is 85.8 Å². The zero-order valence-corrected chi connectivity index (χ0v) is 63.4. The summed E-state index contributed by atoms with van der Waals surface area (Å²) in [6.07, 6.45) is -5.08. The number of aromatic hydroxyl groups is 1. The van der Waals surface area contributed by atoms with Gasteiger partial charge in [0.05, 0.1) is 49.8 Å². The summed E-state index contributed by atoms with van der Waals surface area (Å²) in [7, 11) is 3.21.